The first-order chi connectivity index (χ1) is 9.52. The number of aromatic hydroxyl groups is 1. The summed E-state index contributed by atoms with van der Waals surface area (Å²) in [4.78, 5) is 23.1. The fraction of sp³-hybridized carbons (Fsp3) is 0.0833. The molecule has 0 aliphatic carbocycles. The van der Waals surface area contributed by atoms with E-state index in [0.717, 1.165) is 0 Å². The number of phenols is 1. The number of phenolic OH excluding ortho intramolecular Hbond substituents is 1. The average molecular weight is 276 g/mol. The summed E-state index contributed by atoms with van der Waals surface area (Å²) in [5.41, 5.74) is 5.45. The molecule has 1 heterocycles. The van der Waals surface area contributed by atoms with Gasteiger partial charge in [-0.3, -0.25) is 14.7 Å². The number of nitrogens with two attached hydrogens (primary N) is 1. The summed E-state index contributed by atoms with van der Waals surface area (Å²) in [6, 6.07) is 4.11. The first-order valence-electron chi connectivity index (χ1n) is 5.54. The van der Waals surface area contributed by atoms with Crippen LogP contribution in [-0.4, -0.2) is 34.2 Å². The molecule has 5 N–H and O–H groups in total. The minimum Gasteiger partial charge on any atom is -0.504 e. The number of hydrogen-bond acceptors (Lipinski definition) is 5. The Balaban J connectivity index is 2.24. The largest absolute Gasteiger partial charge is 0.504 e. The van der Waals surface area contributed by atoms with Crippen LogP contribution in [0.1, 0.15) is 20.7 Å². The number of carbonyl (C=O) groups excluding carboxylic acids is 2. The number of benzene rings is 1. The first-order valence-corrected chi connectivity index (χ1v) is 5.54. The highest BCUT2D eigenvalue weighted by atomic mass is 16.5. The third-order valence-electron chi connectivity index (χ3n) is 2.59. The van der Waals surface area contributed by atoms with E-state index < -0.39 is 11.8 Å². The van der Waals surface area contributed by atoms with Crippen LogP contribution in [0.25, 0.3) is 0 Å². The van der Waals surface area contributed by atoms with Gasteiger partial charge in [-0.1, -0.05) is 0 Å². The Bertz CT molecular complexity index is 665. The van der Waals surface area contributed by atoms with E-state index in [1.807, 2.05) is 0 Å². The van der Waals surface area contributed by atoms with Crippen LogP contribution in [0.15, 0.2) is 24.4 Å². The van der Waals surface area contributed by atoms with Gasteiger partial charge in [-0.15, -0.1) is 0 Å². The van der Waals surface area contributed by atoms with E-state index in [1.165, 1.54) is 31.5 Å². The minimum absolute atomic E-state index is 0.0732. The van der Waals surface area contributed by atoms with E-state index >= 15 is 0 Å². The molecule has 104 valence electrons. The zero-order valence-electron chi connectivity index (χ0n) is 10.5. The van der Waals surface area contributed by atoms with E-state index in [4.69, 9.17) is 10.5 Å². The molecule has 0 aliphatic heterocycles. The number of primary amides is 1. The van der Waals surface area contributed by atoms with Crippen molar-refractivity contribution in [1.82, 2.24) is 10.2 Å². The predicted molar refractivity (Wildman–Crippen MR) is 69.7 cm³/mol. The highest BCUT2D eigenvalue weighted by molar-refractivity contribution is 6.08. The number of nitrogens with one attached hydrogen (secondary N) is 2. The van der Waals surface area contributed by atoms with Crippen LogP contribution in [0.4, 0.5) is 5.82 Å². The number of methoxy groups -OCH3 is 1. The zero-order valence-corrected chi connectivity index (χ0v) is 10.5. The lowest BCUT2D eigenvalue weighted by Crippen LogP contribution is -2.17. The third-order valence-corrected chi connectivity index (χ3v) is 2.59. The van der Waals surface area contributed by atoms with E-state index in [0.29, 0.717) is 0 Å². The predicted octanol–water partition coefficient (Wildman–Crippen LogP) is 0.475. The Kier molecular flexibility index (Phi) is 3.56. The quantitative estimate of drug-likeness (QED) is 0.645. The normalized spacial score (nSPS) is 10.1. The van der Waals surface area contributed by atoms with E-state index in [2.05, 4.69) is 15.5 Å². The standard InChI is InChI=1S/C12H12N4O4/c1-20-9-4-6(2-3-8(9)17)12(19)15-11-7(10(13)18)5-14-16-11/h2-5,17H,1H3,(H2,13,18)(H2,14,15,16,19). The van der Waals surface area contributed by atoms with Crippen molar-refractivity contribution in [2.24, 2.45) is 5.73 Å². The lowest BCUT2D eigenvalue weighted by Gasteiger charge is -2.07. The molecule has 1 aromatic carbocycles. The van der Waals surface area contributed by atoms with Crippen LogP contribution >= 0.6 is 0 Å². The van der Waals surface area contributed by atoms with Gasteiger partial charge in [0, 0.05) is 5.56 Å². The van der Waals surface area contributed by atoms with Gasteiger partial charge in [-0.05, 0) is 18.2 Å². The fourth-order valence-corrected chi connectivity index (χ4v) is 1.57. The molecule has 0 bridgehead atoms. The van der Waals surface area contributed by atoms with Crippen LogP contribution in [0.5, 0.6) is 11.5 Å². The minimum atomic E-state index is -0.711. The molecule has 2 aromatic rings. The zero-order chi connectivity index (χ0) is 14.7. The maximum atomic E-state index is 12.0. The van der Waals surface area contributed by atoms with Crippen LogP contribution in [-0.2, 0) is 0 Å². The highest BCUT2D eigenvalue weighted by Crippen LogP contribution is 2.26. The average Bonchev–Trinajstić information content (AvgIpc) is 2.87. The van der Waals surface area contributed by atoms with Crippen molar-refractivity contribution in [3.05, 3.63) is 35.5 Å². The van der Waals surface area contributed by atoms with Crippen molar-refractivity contribution in [3.63, 3.8) is 0 Å². The number of aromatic nitrogens is 2. The Hall–Kier alpha value is -3.03. The smallest absolute Gasteiger partial charge is 0.256 e. The van der Waals surface area contributed by atoms with Gasteiger partial charge < -0.3 is 20.9 Å². The molecule has 20 heavy (non-hydrogen) atoms. The second-order valence-electron chi connectivity index (χ2n) is 3.86. The molecule has 2 amide bonds. The highest BCUT2D eigenvalue weighted by Gasteiger charge is 2.15. The topological polar surface area (TPSA) is 130 Å². The van der Waals surface area contributed by atoms with Crippen LogP contribution in [0.3, 0.4) is 0 Å². The summed E-state index contributed by atoms with van der Waals surface area (Å²) >= 11 is 0. The number of hydrogen-bond donors (Lipinski definition) is 4. The van der Waals surface area contributed by atoms with Gasteiger partial charge in [0.1, 0.15) is 11.4 Å². The third kappa shape index (κ3) is 2.53. The molecule has 0 saturated carbocycles. The molecule has 8 nitrogen and oxygen atoms in total. The summed E-state index contributed by atoms with van der Waals surface area (Å²) in [5, 5.41) is 18.0. The number of nitrogens with zero attached hydrogens (tertiary/aromatic N) is 1. The molecule has 0 spiro atoms. The molecular formula is C12H12N4O4. The van der Waals surface area contributed by atoms with Crippen molar-refractivity contribution >= 4 is 17.6 Å². The number of ether oxygens (including phenoxy) is 1. The molecular weight excluding hydrogens is 264 g/mol. The molecule has 0 fully saturated rings. The number of rotatable bonds is 4. The van der Waals surface area contributed by atoms with Crippen LogP contribution in [0.2, 0.25) is 0 Å². The molecule has 8 heteroatoms. The Morgan fingerprint density at radius 2 is 2.20 bits per heavy atom. The molecule has 0 aliphatic rings. The van der Waals surface area contributed by atoms with Gasteiger partial charge in [0.25, 0.3) is 11.8 Å². The number of carbonyl (C=O) groups is 2. The van der Waals surface area contributed by atoms with Gasteiger partial charge in [-0.25, -0.2) is 0 Å². The molecule has 2 rings (SSSR count). The monoisotopic (exact) mass is 276 g/mol. The second-order valence-corrected chi connectivity index (χ2v) is 3.86. The van der Waals surface area contributed by atoms with Crippen molar-refractivity contribution in [1.29, 1.82) is 0 Å². The summed E-state index contributed by atoms with van der Waals surface area (Å²) in [6.45, 7) is 0. The SMILES string of the molecule is COc1cc(C(=O)Nc2[nH]ncc2C(N)=O)ccc1O. The number of H-pyrrole nitrogens is 1. The van der Waals surface area contributed by atoms with Crippen molar-refractivity contribution in [3.8, 4) is 11.5 Å². The van der Waals surface area contributed by atoms with E-state index in [-0.39, 0.29) is 28.4 Å². The van der Waals surface area contributed by atoms with Crippen molar-refractivity contribution < 1.29 is 19.4 Å². The number of amides is 2. The molecule has 0 atom stereocenters. The van der Waals surface area contributed by atoms with Gasteiger partial charge in [-0.2, -0.15) is 5.10 Å². The second kappa shape index (κ2) is 5.31. The summed E-state index contributed by atoms with van der Waals surface area (Å²) in [6.07, 6.45) is 1.22. The molecule has 0 radical (unpaired) electrons. The molecule has 0 unspecified atom stereocenters. The first kappa shape index (κ1) is 13.4. The van der Waals surface area contributed by atoms with Crippen LogP contribution < -0.4 is 15.8 Å². The molecule has 0 saturated heterocycles. The number of aromatic amines is 1. The summed E-state index contributed by atoms with van der Waals surface area (Å²) in [7, 11) is 1.37. The Morgan fingerprint density at radius 3 is 2.85 bits per heavy atom. The molecule has 1 aromatic heterocycles. The lowest BCUT2D eigenvalue weighted by atomic mass is 10.2. The van der Waals surface area contributed by atoms with Gasteiger partial charge >= 0.3 is 0 Å². The van der Waals surface area contributed by atoms with Gasteiger partial charge in [0.05, 0.1) is 13.3 Å². The van der Waals surface area contributed by atoms with E-state index in [1.54, 1.807) is 0 Å². The van der Waals surface area contributed by atoms with Gasteiger partial charge in [0.15, 0.2) is 11.5 Å². The summed E-state index contributed by atoms with van der Waals surface area (Å²) < 4.78 is 4.91. The lowest BCUT2D eigenvalue weighted by molar-refractivity contribution is 0.100. The van der Waals surface area contributed by atoms with Crippen molar-refractivity contribution in [2.75, 3.05) is 12.4 Å². The van der Waals surface area contributed by atoms with Crippen molar-refractivity contribution in [2.45, 2.75) is 0 Å². The van der Waals surface area contributed by atoms with Crippen LogP contribution in [0, 0.1) is 0 Å². The maximum absolute atomic E-state index is 12.0. The fourth-order valence-electron chi connectivity index (χ4n) is 1.57. The Labute approximate surface area is 113 Å². The number of anilines is 1. The maximum Gasteiger partial charge on any atom is 0.256 e. The van der Waals surface area contributed by atoms with E-state index in [9.17, 15) is 14.7 Å². The summed E-state index contributed by atoms with van der Waals surface area (Å²) in [5.74, 6) is -1.03. The Morgan fingerprint density at radius 1 is 1.45 bits per heavy atom. The van der Waals surface area contributed by atoms with Gasteiger partial charge in [0.2, 0.25) is 0 Å².